The maximum atomic E-state index is 13.1. The summed E-state index contributed by atoms with van der Waals surface area (Å²) < 4.78 is 38.3. The fourth-order valence-electron chi connectivity index (χ4n) is 2.25. The van der Waals surface area contributed by atoms with Crippen molar-refractivity contribution in [2.75, 3.05) is 0 Å². The molecular weight excluding hydrogens is 305 g/mol. The van der Waals surface area contributed by atoms with Crippen molar-refractivity contribution in [2.24, 2.45) is 5.14 Å². The van der Waals surface area contributed by atoms with E-state index in [0.29, 0.717) is 16.8 Å². The first kappa shape index (κ1) is 14.4. The second kappa shape index (κ2) is 5.36. The van der Waals surface area contributed by atoms with Gasteiger partial charge in [-0.3, -0.25) is 0 Å². The maximum absolute atomic E-state index is 13.1. The lowest BCUT2D eigenvalue weighted by molar-refractivity contribution is 0.596. The molecule has 0 bridgehead atoms. The number of para-hydroxylation sites is 1. The highest BCUT2D eigenvalue weighted by Gasteiger charge is 2.19. The second-order valence-corrected chi connectivity index (χ2v) is 6.18. The van der Waals surface area contributed by atoms with Crippen LogP contribution in [0.25, 0.3) is 16.8 Å². The zero-order chi connectivity index (χ0) is 15.7. The Labute approximate surface area is 126 Å². The molecule has 0 amide bonds. The van der Waals surface area contributed by atoms with Crippen LogP contribution in [0, 0.1) is 5.82 Å². The highest BCUT2D eigenvalue weighted by Crippen LogP contribution is 2.31. The minimum atomic E-state index is -3.93. The molecule has 3 rings (SSSR count). The summed E-state index contributed by atoms with van der Waals surface area (Å²) in [6.07, 6.45) is 3.16. The first-order valence-corrected chi connectivity index (χ1v) is 7.93. The molecule has 0 aliphatic rings. The Morgan fingerprint density at radius 2 is 1.77 bits per heavy atom. The van der Waals surface area contributed by atoms with Crippen LogP contribution < -0.4 is 5.14 Å². The van der Waals surface area contributed by atoms with E-state index >= 15 is 0 Å². The van der Waals surface area contributed by atoms with Crippen molar-refractivity contribution in [3.05, 3.63) is 66.7 Å². The number of rotatable bonds is 3. The zero-order valence-electron chi connectivity index (χ0n) is 11.3. The minimum absolute atomic E-state index is 0.0435. The predicted octanol–water partition coefficient (Wildman–Crippen LogP) is 2.33. The third kappa shape index (κ3) is 2.63. The summed E-state index contributed by atoms with van der Waals surface area (Å²) in [5.41, 5.74) is 1.59. The van der Waals surface area contributed by atoms with E-state index in [1.54, 1.807) is 36.5 Å². The van der Waals surface area contributed by atoms with Gasteiger partial charge in [-0.2, -0.15) is 5.10 Å². The summed E-state index contributed by atoms with van der Waals surface area (Å²) in [4.78, 5) is -0.0435. The van der Waals surface area contributed by atoms with Crippen molar-refractivity contribution in [3.63, 3.8) is 0 Å². The van der Waals surface area contributed by atoms with Gasteiger partial charge in [0.05, 0.1) is 5.69 Å². The minimum Gasteiger partial charge on any atom is -0.239 e. The summed E-state index contributed by atoms with van der Waals surface area (Å²) in [5.74, 6) is -0.369. The Kier molecular flexibility index (Phi) is 3.51. The molecule has 0 unspecified atom stereocenters. The zero-order valence-corrected chi connectivity index (χ0v) is 12.2. The average molecular weight is 317 g/mol. The number of nitrogens with zero attached hydrogens (tertiary/aromatic N) is 2. The summed E-state index contributed by atoms with van der Waals surface area (Å²) in [6.45, 7) is 0. The van der Waals surface area contributed by atoms with Crippen LogP contribution in [0.2, 0.25) is 0 Å². The van der Waals surface area contributed by atoms with E-state index in [9.17, 15) is 12.8 Å². The molecule has 0 atom stereocenters. The number of halogens is 1. The molecule has 1 aromatic heterocycles. The maximum Gasteiger partial charge on any atom is 0.240 e. The molecule has 0 fully saturated rings. The number of hydrogen-bond acceptors (Lipinski definition) is 3. The fourth-order valence-corrected chi connectivity index (χ4v) is 2.99. The first-order valence-electron chi connectivity index (χ1n) is 6.38. The molecule has 2 N–H and O–H groups in total. The Morgan fingerprint density at radius 1 is 1.05 bits per heavy atom. The molecule has 22 heavy (non-hydrogen) atoms. The van der Waals surface area contributed by atoms with E-state index in [1.807, 2.05) is 0 Å². The SMILES string of the molecule is NS(=O)(=O)c1cccc(-c2ccc(F)cc2)c1-n1cccn1. The number of primary sulfonamides is 1. The van der Waals surface area contributed by atoms with Crippen LogP contribution in [0.4, 0.5) is 4.39 Å². The third-order valence-corrected chi connectivity index (χ3v) is 4.14. The monoisotopic (exact) mass is 317 g/mol. The molecular formula is C15H12FN3O2S. The van der Waals surface area contributed by atoms with Crippen molar-refractivity contribution in [1.82, 2.24) is 9.78 Å². The normalized spacial score (nSPS) is 11.5. The van der Waals surface area contributed by atoms with Crippen molar-refractivity contribution in [1.29, 1.82) is 0 Å². The highest BCUT2D eigenvalue weighted by atomic mass is 32.2. The molecule has 3 aromatic rings. The van der Waals surface area contributed by atoms with Crippen LogP contribution in [0.5, 0.6) is 0 Å². The largest absolute Gasteiger partial charge is 0.240 e. The first-order chi connectivity index (χ1) is 10.5. The Bertz CT molecular complexity index is 904. The van der Waals surface area contributed by atoms with Crippen LogP contribution in [0.3, 0.4) is 0 Å². The van der Waals surface area contributed by atoms with Gasteiger partial charge < -0.3 is 0 Å². The van der Waals surface area contributed by atoms with Crippen LogP contribution in [0.15, 0.2) is 65.8 Å². The Hall–Kier alpha value is -2.51. The van der Waals surface area contributed by atoms with E-state index < -0.39 is 10.0 Å². The van der Waals surface area contributed by atoms with Crippen molar-refractivity contribution in [3.8, 4) is 16.8 Å². The molecule has 0 spiro atoms. The van der Waals surface area contributed by atoms with Crippen LogP contribution >= 0.6 is 0 Å². The second-order valence-electron chi connectivity index (χ2n) is 4.65. The lowest BCUT2D eigenvalue weighted by Crippen LogP contribution is -2.16. The van der Waals surface area contributed by atoms with Gasteiger partial charge >= 0.3 is 0 Å². The van der Waals surface area contributed by atoms with Gasteiger partial charge in [0.15, 0.2) is 0 Å². The quantitative estimate of drug-likeness (QED) is 0.805. The molecule has 0 aliphatic heterocycles. The van der Waals surface area contributed by atoms with E-state index in [2.05, 4.69) is 5.10 Å². The van der Waals surface area contributed by atoms with Gasteiger partial charge in [-0.25, -0.2) is 22.6 Å². The number of sulfonamides is 1. The van der Waals surface area contributed by atoms with Crippen LogP contribution in [-0.2, 0) is 10.0 Å². The summed E-state index contributed by atoms with van der Waals surface area (Å²) >= 11 is 0. The molecule has 0 radical (unpaired) electrons. The Morgan fingerprint density at radius 3 is 2.36 bits per heavy atom. The Balaban J connectivity index is 2.34. The molecule has 0 saturated heterocycles. The van der Waals surface area contributed by atoms with E-state index in [-0.39, 0.29) is 10.7 Å². The molecule has 5 nitrogen and oxygen atoms in total. The van der Waals surface area contributed by atoms with E-state index in [1.165, 1.54) is 29.1 Å². The fraction of sp³-hybridized carbons (Fsp3) is 0. The number of benzene rings is 2. The number of hydrogen-bond donors (Lipinski definition) is 1. The van der Waals surface area contributed by atoms with Crippen molar-refractivity contribution < 1.29 is 12.8 Å². The van der Waals surface area contributed by atoms with E-state index in [0.717, 1.165) is 0 Å². The standard InChI is InChI=1S/C15H12FN3O2S/c16-12-7-5-11(6-8-12)13-3-1-4-14(22(17,20)21)15(13)19-10-2-9-18-19/h1-10H,(H2,17,20,21). The third-order valence-electron chi connectivity index (χ3n) is 3.19. The lowest BCUT2D eigenvalue weighted by Gasteiger charge is -2.14. The topological polar surface area (TPSA) is 78.0 Å². The smallest absolute Gasteiger partial charge is 0.239 e. The van der Waals surface area contributed by atoms with Gasteiger partial charge in [-0.15, -0.1) is 0 Å². The van der Waals surface area contributed by atoms with Gasteiger partial charge in [0.2, 0.25) is 10.0 Å². The lowest BCUT2D eigenvalue weighted by atomic mass is 10.0. The van der Waals surface area contributed by atoms with Crippen molar-refractivity contribution >= 4 is 10.0 Å². The molecule has 2 aromatic carbocycles. The van der Waals surface area contributed by atoms with Gasteiger partial charge in [0.1, 0.15) is 10.7 Å². The van der Waals surface area contributed by atoms with Crippen molar-refractivity contribution in [2.45, 2.75) is 4.90 Å². The number of aromatic nitrogens is 2. The molecule has 112 valence electrons. The van der Waals surface area contributed by atoms with Gasteiger partial charge in [-0.05, 0) is 29.8 Å². The number of nitrogens with two attached hydrogens (primary N) is 1. The van der Waals surface area contributed by atoms with Gasteiger partial charge in [0, 0.05) is 18.0 Å². The highest BCUT2D eigenvalue weighted by molar-refractivity contribution is 7.89. The van der Waals surface area contributed by atoms with Gasteiger partial charge in [0.25, 0.3) is 0 Å². The van der Waals surface area contributed by atoms with E-state index in [4.69, 9.17) is 5.14 Å². The predicted molar refractivity (Wildman–Crippen MR) is 80.3 cm³/mol. The summed E-state index contributed by atoms with van der Waals surface area (Å²) in [5, 5.41) is 9.39. The molecule has 7 heteroatoms. The van der Waals surface area contributed by atoms with Crippen LogP contribution in [0.1, 0.15) is 0 Å². The van der Waals surface area contributed by atoms with Gasteiger partial charge in [-0.1, -0.05) is 24.3 Å². The summed E-state index contributed by atoms with van der Waals surface area (Å²) in [6, 6.07) is 12.2. The summed E-state index contributed by atoms with van der Waals surface area (Å²) in [7, 11) is -3.93. The average Bonchev–Trinajstić information content (AvgIpc) is 3.00. The molecule has 1 heterocycles. The van der Waals surface area contributed by atoms with Crippen LogP contribution in [-0.4, -0.2) is 18.2 Å². The molecule has 0 saturated carbocycles. The molecule has 0 aliphatic carbocycles.